The van der Waals surface area contributed by atoms with Crippen LogP contribution in [-0.2, 0) is 24.9 Å². The van der Waals surface area contributed by atoms with Crippen LogP contribution in [-0.4, -0.2) is 73.5 Å². The number of amides is 1. The first-order valence-corrected chi connectivity index (χ1v) is 16.9. The molecule has 0 aliphatic carbocycles. The first kappa shape index (κ1) is 33.2. The van der Waals surface area contributed by atoms with Crippen LogP contribution in [0, 0.1) is 0 Å². The minimum atomic E-state index is -0.712. The van der Waals surface area contributed by atoms with E-state index >= 15 is 0 Å². The van der Waals surface area contributed by atoms with Gasteiger partial charge in [0.25, 0.3) is 5.56 Å². The zero-order valence-electron chi connectivity index (χ0n) is 27.5. The first-order valence-electron chi connectivity index (χ1n) is 16.2. The van der Waals surface area contributed by atoms with Gasteiger partial charge in [0.2, 0.25) is 11.8 Å². The maximum Gasteiger partial charge on any atom is 0.277 e. The Morgan fingerprint density at radius 2 is 1.73 bits per heavy atom. The second-order valence-electron chi connectivity index (χ2n) is 13.1. The lowest BCUT2D eigenvalue weighted by Crippen LogP contribution is -2.59. The highest BCUT2D eigenvalue weighted by Gasteiger charge is 2.37. The molecule has 5 heterocycles. The number of carbonyl (C=O) groups excluding carboxylic acids is 1. The second-order valence-corrected chi connectivity index (χ2v) is 13.9. The molecular weight excluding hydrogens is 665 g/mol. The fraction of sp³-hybridized carbons (Fsp3) is 0.333. The molecule has 254 valence electrons. The molecular formula is C36H37Cl2N7O4. The van der Waals surface area contributed by atoms with Gasteiger partial charge in [-0.2, -0.15) is 5.10 Å². The first-order chi connectivity index (χ1) is 23.5. The van der Waals surface area contributed by atoms with Gasteiger partial charge < -0.3 is 20.5 Å². The van der Waals surface area contributed by atoms with Gasteiger partial charge in [-0.25, -0.2) is 9.50 Å². The molecule has 0 spiro atoms. The standard InChI is InChI=1S/C36H37Cl2N7O4/c1-36(48)19-44(20-36)18-30-42-45-17-22(14-29(45)35(47)43(30)2)24-6-4-7-25(32(24)37)26-8-5-9-27(33(26)38)28-12-10-21(34(41-28)49-3)15-39-16-23-11-13-31(46)40-23/h4-10,12,14,17,23,39,48H,11,13,15-16,18-20H2,1-3H3,(H,40,46)/t23-/m1/s1. The topological polar surface area (TPSA) is 126 Å². The Morgan fingerprint density at radius 1 is 1.04 bits per heavy atom. The van der Waals surface area contributed by atoms with Gasteiger partial charge in [0, 0.05) is 85.3 Å². The number of halogens is 2. The van der Waals surface area contributed by atoms with Gasteiger partial charge in [-0.05, 0) is 25.5 Å². The van der Waals surface area contributed by atoms with Gasteiger partial charge in [-0.1, -0.05) is 65.7 Å². The molecule has 3 aromatic heterocycles. The number of aliphatic hydroxyl groups is 1. The highest BCUT2D eigenvalue weighted by molar-refractivity contribution is 6.39. The Kier molecular flexibility index (Phi) is 8.97. The minimum Gasteiger partial charge on any atom is -0.481 e. The number of fused-ring (bicyclic) bond motifs is 1. The van der Waals surface area contributed by atoms with Crippen LogP contribution >= 0.6 is 23.2 Å². The average molecular weight is 703 g/mol. The SMILES string of the molecule is COc1nc(-c2cccc(-c3cccc(-c4cc5c(=O)n(C)c(CN6CC(C)(O)C6)nn5c4)c3Cl)c2Cl)ccc1CNC[C@H]1CCC(=O)N1. The minimum absolute atomic E-state index is 0.0924. The van der Waals surface area contributed by atoms with Crippen molar-refractivity contribution in [1.82, 2.24) is 34.7 Å². The third-order valence-electron chi connectivity index (χ3n) is 9.23. The molecule has 0 bridgehead atoms. The van der Waals surface area contributed by atoms with Crippen molar-refractivity contribution in [2.24, 2.45) is 7.05 Å². The zero-order chi connectivity index (χ0) is 34.4. The molecule has 2 aliphatic heterocycles. The van der Waals surface area contributed by atoms with Crippen LogP contribution in [0.5, 0.6) is 5.88 Å². The predicted octanol–water partition coefficient (Wildman–Crippen LogP) is 4.68. The van der Waals surface area contributed by atoms with E-state index in [1.54, 1.807) is 36.2 Å². The van der Waals surface area contributed by atoms with Crippen LogP contribution < -0.4 is 20.9 Å². The van der Waals surface area contributed by atoms with Crippen LogP contribution in [0.4, 0.5) is 0 Å². The van der Waals surface area contributed by atoms with E-state index in [9.17, 15) is 14.7 Å². The summed E-state index contributed by atoms with van der Waals surface area (Å²) >= 11 is 14.2. The number of hydrogen-bond acceptors (Lipinski definition) is 8. The van der Waals surface area contributed by atoms with Crippen molar-refractivity contribution < 1.29 is 14.6 Å². The molecule has 0 radical (unpaired) electrons. The van der Waals surface area contributed by atoms with Crippen molar-refractivity contribution in [3.8, 4) is 39.4 Å². The molecule has 3 N–H and O–H groups in total. The van der Waals surface area contributed by atoms with Gasteiger partial charge >= 0.3 is 0 Å². The van der Waals surface area contributed by atoms with Crippen molar-refractivity contribution in [3.05, 3.63) is 92.6 Å². The number of methoxy groups -OCH3 is 1. The highest BCUT2D eigenvalue weighted by Crippen LogP contribution is 2.42. The number of aromatic nitrogens is 4. The molecule has 13 heteroatoms. The van der Waals surface area contributed by atoms with Crippen LogP contribution in [0.15, 0.2) is 65.6 Å². The number of nitrogens with one attached hydrogen (secondary N) is 2. The average Bonchev–Trinajstić information content (AvgIpc) is 3.69. The van der Waals surface area contributed by atoms with Gasteiger partial charge in [0.05, 0.1) is 35.0 Å². The van der Waals surface area contributed by atoms with Crippen LogP contribution in [0.25, 0.3) is 39.0 Å². The van der Waals surface area contributed by atoms with E-state index < -0.39 is 5.60 Å². The summed E-state index contributed by atoms with van der Waals surface area (Å²) in [5.74, 6) is 1.18. The number of β-amino-alcohol motifs (C(OH)–C–C–N with tert-alkyl or cyclic N) is 1. The van der Waals surface area contributed by atoms with E-state index in [1.807, 2.05) is 59.6 Å². The molecule has 1 atom stereocenters. The fourth-order valence-corrected chi connectivity index (χ4v) is 7.39. The molecule has 2 fully saturated rings. The van der Waals surface area contributed by atoms with Crippen LogP contribution in [0.1, 0.15) is 31.2 Å². The van der Waals surface area contributed by atoms with E-state index in [0.29, 0.717) is 72.1 Å². The number of ether oxygens (including phenoxy) is 1. The van der Waals surface area contributed by atoms with Crippen LogP contribution in [0.3, 0.4) is 0 Å². The Balaban J connectivity index is 1.16. The summed E-state index contributed by atoms with van der Waals surface area (Å²) in [7, 11) is 3.30. The van der Waals surface area contributed by atoms with Gasteiger partial charge in [0.1, 0.15) is 11.3 Å². The second kappa shape index (κ2) is 13.2. The van der Waals surface area contributed by atoms with Gasteiger partial charge in [-0.15, -0.1) is 0 Å². The van der Waals surface area contributed by atoms with E-state index in [2.05, 4.69) is 10.6 Å². The molecule has 49 heavy (non-hydrogen) atoms. The third kappa shape index (κ3) is 6.56. The lowest BCUT2D eigenvalue weighted by Gasteiger charge is -2.44. The van der Waals surface area contributed by atoms with E-state index in [1.165, 1.54) is 0 Å². The number of carbonyl (C=O) groups is 1. The van der Waals surface area contributed by atoms with E-state index in [-0.39, 0.29) is 17.5 Å². The summed E-state index contributed by atoms with van der Waals surface area (Å²) in [5.41, 5.74) is 4.79. The lowest BCUT2D eigenvalue weighted by atomic mass is 9.97. The fourth-order valence-electron chi connectivity index (χ4n) is 6.73. The third-order valence-corrected chi connectivity index (χ3v) is 10.0. The summed E-state index contributed by atoms with van der Waals surface area (Å²) in [4.78, 5) is 31.7. The van der Waals surface area contributed by atoms with Gasteiger partial charge in [-0.3, -0.25) is 19.1 Å². The van der Waals surface area contributed by atoms with Crippen LogP contribution in [0.2, 0.25) is 10.0 Å². The summed E-state index contributed by atoms with van der Waals surface area (Å²) in [6.07, 6.45) is 3.20. The molecule has 2 aliphatic rings. The zero-order valence-corrected chi connectivity index (χ0v) is 29.0. The van der Waals surface area contributed by atoms with Crippen molar-refractivity contribution in [2.45, 2.75) is 44.5 Å². The number of pyridine rings is 1. The van der Waals surface area contributed by atoms with Crippen molar-refractivity contribution >= 4 is 34.6 Å². The number of likely N-dealkylation sites (tertiary alicyclic amines) is 1. The largest absolute Gasteiger partial charge is 0.481 e. The molecule has 5 aromatic rings. The van der Waals surface area contributed by atoms with Gasteiger partial charge in [0.15, 0.2) is 0 Å². The summed E-state index contributed by atoms with van der Waals surface area (Å²) in [6.45, 7) is 4.52. The monoisotopic (exact) mass is 701 g/mol. The number of nitrogens with zero attached hydrogens (tertiary/aromatic N) is 5. The molecule has 7 rings (SSSR count). The Hall–Kier alpha value is -4.26. The lowest BCUT2D eigenvalue weighted by molar-refractivity contribution is -0.119. The van der Waals surface area contributed by atoms with Crippen molar-refractivity contribution in [1.29, 1.82) is 0 Å². The highest BCUT2D eigenvalue weighted by atomic mass is 35.5. The molecule has 0 unspecified atom stereocenters. The quantitative estimate of drug-likeness (QED) is 0.192. The summed E-state index contributed by atoms with van der Waals surface area (Å²) in [6, 6.07) is 17.3. The normalized spacial score (nSPS) is 17.3. The van der Waals surface area contributed by atoms with E-state index in [0.717, 1.165) is 39.8 Å². The number of hydrogen-bond donors (Lipinski definition) is 3. The Morgan fingerprint density at radius 3 is 2.41 bits per heavy atom. The smallest absolute Gasteiger partial charge is 0.277 e. The van der Waals surface area contributed by atoms with E-state index in [4.69, 9.17) is 38.0 Å². The molecule has 2 aromatic carbocycles. The van der Waals surface area contributed by atoms with Crippen molar-refractivity contribution in [2.75, 3.05) is 26.7 Å². The number of benzene rings is 2. The molecule has 0 saturated carbocycles. The molecule has 11 nitrogen and oxygen atoms in total. The summed E-state index contributed by atoms with van der Waals surface area (Å²) in [5, 5.41) is 22.2. The predicted molar refractivity (Wildman–Crippen MR) is 190 cm³/mol. The maximum atomic E-state index is 13.3. The Bertz CT molecular complexity index is 2140. The summed E-state index contributed by atoms with van der Waals surface area (Å²) < 4.78 is 8.80. The Labute approximate surface area is 293 Å². The maximum absolute atomic E-state index is 13.3. The molecule has 1 amide bonds. The van der Waals surface area contributed by atoms with Crippen molar-refractivity contribution in [3.63, 3.8) is 0 Å². The molecule has 2 saturated heterocycles. The number of rotatable bonds is 10.